The van der Waals surface area contributed by atoms with Crippen molar-refractivity contribution in [3.63, 3.8) is 0 Å². The molecule has 0 saturated carbocycles. The lowest BCUT2D eigenvalue weighted by atomic mass is 10.0. The number of hydrogen-bond donors (Lipinski definition) is 1. The third kappa shape index (κ3) is 2.64. The fourth-order valence-corrected chi connectivity index (χ4v) is 2.00. The fourth-order valence-electron chi connectivity index (χ4n) is 2.00. The minimum Gasteiger partial charge on any atom is -0.493 e. The van der Waals surface area contributed by atoms with Crippen molar-refractivity contribution < 1.29 is 9.47 Å². The Morgan fingerprint density at radius 3 is 2.60 bits per heavy atom. The molecule has 5 heteroatoms. The number of nitrogens with zero attached hydrogens (tertiary/aromatic N) is 1. The Morgan fingerprint density at radius 1 is 1.20 bits per heavy atom. The number of ether oxygens (including phenoxy) is 2. The normalized spacial score (nSPS) is 9.85. The van der Waals surface area contributed by atoms with Gasteiger partial charge in [0.05, 0.1) is 14.2 Å². The van der Waals surface area contributed by atoms with Crippen LogP contribution < -0.4 is 15.0 Å². The lowest BCUT2D eigenvalue weighted by Gasteiger charge is -2.10. The number of aromatic nitrogens is 1. The van der Waals surface area contributed by atoms with E-state index in [9.17, 15) is 4.79 Å². The maximum Gasteiger partial charge on any atom is 0.266 e. The van der Waals surface area contributed by atoms with Crippen molar-refractivity contribution in [2.45, 2.75) is 6.42 Å². The van der Waals surface area contributed by atoms with Gasteiger partial charge in [0.15, 0.2) is 11.5 Å². The van der Waals surface area contributed by atoms with E-state index < -0.39 is 0 Å². The van der Waals surface area contributed by atoms with Crippen LogP contribution in [0.5, 0.6) is 11.5 Å². The lowest BCUT2D eigenvalue weighted by molar-refractivity contribution is 0.354. The van der Waals surface area contributed by atoms with Crippen LogP contribution in [-0.2, 0) is 6.42 Å². The zero-order valence-corrected chi connectivity index (χ0v) is 11.3. The van der Waals surface area contributed by atoms with E-state index >= 15 is 0 Å². The molecule has 0 aliphatic rings. The highest BCUT2D eigenvalue weighted by Gasteiger charge is 2.09. The summed E-state index contributed by atoms with van der Waals surface area (Å²) in [6, 6.07) is 9.18. The van der Waals surface area contributed by atoms with Crippen LogP contribution in [0.1, 0.15) is 16.7 Å². The second kappa shape index (κ2) is 5.93. The van der Waals surface area contributed by atoms with Crippen LogP contribution in [0.15, 0.2) is 35.3 Å². The second-order valence-electron chi connectivity index (χ2n) is 4.18. The molecule has 1 N–H and O–H groups in total. The zero-order chi connectivity index (χ0) is 14.5. The number of nitrogens with one attached hydrogen (secondary N) is 1. The van der Waals surface area contributed by atoms with Gasteiger partial charge in [0, 0.05) is 6.20 Å². The molecule has 1 aromatic heterocycles. The molecule has 20 heavy (non-hydrogen) atoms. The Morgan fingerprint density at radius 2 is 1.95 bits per heavy atom. The van der Waals surface area contributed by atoms with Crippen LogP contribution in [0.2, 0.25) is 0 Å². The first-order chi connectivity index (χ1) is 9.69. The minimum absolute atomic E-state index is 0.141. The molecule has 0 saturated heterocycles. The first-order valence-corrected chi connectivity index (χ1v) is 6.01. The molecule has 1 heterocycles. The summed E-state index contributed by atoms with van der Waals surface area (Å²) in [5, 5.41) is 9.05. The number of aromatic amines is 1. The quantitative estimate of drug-likeness (QED) is 0.920. The first kappa shape index (κ1) is 13.7. The van der Waals surface area contributed by atoms with Crippen molar-refractivity contribution in [3.8, 4) is 17.6 Å². The summed E-state index contributed by atoms with van der Waals surface area (Å²) in [7, 11) is 3.14. The molecule has 1 aromatic carbocycles. The van der Waals surface area contributed by atoms with Crippen LogP contribution in [-0.4, -0.2) is 19.2 Å². The van der Waals surface area contributed by atoms with Gasteiger partial charge in [-0.15, -0.1) is 0 Å². The summed E-state index contributed by atoms with van der Waals surface area (Å²) in [5.74, 6) is 1.26. The molecule has 0 fully saturated rings. The minimum atomic E-state index is -0.370. The molecule has 5 nitrogen and oxygen atoms in total. The van der Waals surface area contributed by atoms with E-state index in [0.29, 0.717) is 23.5 Å². The Bertz CT molecular complexity index is 714. The third-order valence-corrected chi connectivity index (χ3v) is 3.00. The van der Waals surface area contributed by atoms with Crippen LogP contribution in [0, 0.1) is 11.3 Å². The van der Waals surface area contributed by atoms with Gasteiger partial charge in [0.25, 0.3) is 5.56 Å². The maximum atomic E-state index is 11.6. The van der Waals surface area contributed by atoms with Crippen LogP contribution in [0.3, 0.4) is 0 Å². The van der Waals surface area contributed by atoms with Gasteiger partial charge in [-0.25, -0.2) is 0 Å². The standard InChI is InChI=1S/C15H14N2O3/c1-19-13-4-3-10(8-14(13)20-2)7-11-5-6-17-15(18)12(11)9-16/h3-6,8H,7H2,1-2H3,(H,17,18). The molecule has 0 aliphatic heterocycles. The SMILES string of the molecule is COc1ccc(Cc2cc[nH]c(=O)c2C#N)cc1OC. The number of hydrogen-bond acceptors (Lipinski definition) is 4. The Kier molecular flexibility index (Phi) is 4.06. The molecule has 0 atom stereocenters. The van der Waals surface area contributed by atoms with Crippen molar-refractivity contribution in [3.05, 3.63) is 57.5 Å². The van der Waals surface area contributed by atoms with Gasteiger partial charge in [-0.1, -0.05) is 6.07 Å². The molecule has 2 rings (SSSR count). The number of nitriles is 1. The maximum absolute atomic E-state index is 11.6. The monoisotopic (exact) mass is 270 g/mol. The molecule has 2 aromatic rings. The topological polar surface area (TPSA) is 75.1 Å². The predicted molar refractivity (Wildman–Crippen MR) is 74.1 cm³/mol. The highest BCUT2D eigenvalue weighted by molar-refractivity contribution is 5.45. The number of rotatable bonds is 4. The fraction of sp³-hybridized carbons (Fsp3) is 0.200. The highest BCUT2D eigenvalue weighted by Crippen LogP contribution is 2.28. The van der Waals surface area contributed by atoms with E-state index in [1.165, 1.54) is 0 Å². The first-order valence-electron chi connectivity index (χ1n) is 6.01. The number of H-pyrrole nitrogens is 1. The number of pyridine rings is 1. The van der Waals surface area contributed by atoms with Crippen molar-refractivity contribution >= 4 is 0 Å². The molecule has 102 valence electrons. The number of benzene rings is 1. The van der Waals surface area contributed by atoms with E-state index in [-0.39, 0.29) is 11.1 Å². The van der Waals surface area contributed by atoms with E-state index in [1.54, 1.807) is 32.5 Å². The van der Waals surface area contributed by atoms with Gasteiger partial charge in [-0.05, 0) is 35.7 Å². The zero-order valence-electron chi connectivity index (χ0n) is 11.3. The van der Waals surface area contributed by atoms with Gasteiger partial charge in [0.1, 0.15) is 11.6 Å². The predicted octanol–water partition coefficient (Wildman–Crippen LogP) is 1.85. The van der Waals surface area contributed by atoms with Crippen molar-refractivity contribution in [1.82, 2.24) is 4.98 Å². The molecule has 0 spiro atoms. The highest BCUT2D eigenvalue weighted by atomic mass is 16.5. The van der Waals surface area contributed by atoms with Crippen molar-refractivity contribution in [1.29, 1.82) is 5.26 Å². The number of methoxy groups -OCH3 is 2. The molecule has 0 aliphatic carbocycles. The summed E-state index contributed by atoms with van der Waals surface area (Å²) in [4.78, 5) is 14.1. The molecule has 0 amide bonds. The van der Waals surface area contributed by atoms with Gasteiger partial charge in [-0.2, -0.15) is 5.26 Å². The smallest absolute Gasteiger partial charge is 0.266 e. The van der Waals surface area contributed by atoms with E-state index in [0.717, 1.165) is 5.56 Å². The summed E-state index contributed by atoms with van der Waals surface area (Å²) in [5.41, 5.74) is 1.39. The summed E-state index contributed by atoms with van der Waals surface area (Å²) >= 11 is 0. The summed E-state index contributed by atoms with van der Waals surface area (Å²) in [6.07, 6.45) is 2.02. The second-order valence-corrected chi connectivity index (χ2v) is 4.18. The molecular weight excluding hydrogens is 256 g/mol. The van der Waals surface area contributed by atoms with Crippen LogP contribution >= 0.6 is 0 Å². The molecule has 0 unspecified atom stereocenters. The van der Waals surface area contributed by atoms with Gasteiger partial charge in [0.2, 0.25) is 0 Å². The Hall–Kier alpha value is -2.74. The van der Waals surface area contributed by atoms with Crippen LogP contribution in [0.4, 0.5) is 0 Å². The molecule has 0 radical (unpaired) electrons. The van der Waals surface area contributed by atoms with E-state index in [4.69, 9.17) is 14.7 Å². The average Bonchev–Trinajstić information content (AvgIpc) is 2.47. The van der Waals surface area contributed by atoms with Gasteiger partial charge < -0.3 is 14.5 Å². The largest absolute Gasteiger partial charge is 0.493 e. The molecular formula is C15H14N2O3. The summed E-state index contributed by atoms with van der Waals surface area (Å²) in [6.45, 7) is 0. The summed E-state index contributed by atoms with van der Waals surface area (Å²) < 4.78 is 10.4. The van der Waals surface area contributed by atoms with Crippen LogP contribution in [0.25, 0.3) is 0 Å². The lowest BCUT2D eigenvalue weighted by Crippen LogP contribution is -2.12. The van der Waals surface area contributed by atoms with E-state index in [2.05, 4.69) is 4.98 Å². The average molecular weight is 270 g/mol. The van der Waals surface area contributed by atoms with Crippen molar-refractivity contribution in [2.75, 3.05) is 14.2 Å². The van der Waals surface area contributed by atoms with Gasteiger partial charge >= 0.3 is 0 Å². The Labute approximate surface area is 116 Å². The van der Waals surface area contributed by atoms with Crippen molar-refractivity contribution in [2.24, 2.45) is 0 Å². The van der Waals surface area contributed by atoms with E-state index in [1.807, 2.05) is 18.2 Å². The molecule has 0 bridgehead atoms. The third-order valence-electron chi connectivity index (χ3n) is 3.00. The van der Waals surface area contributed by atoms with Gasteiger partial charge in [-0.3, -0.25) is 4.79 Å². The Balaban J connectivity index is 2.39.